The second kappa shape index (κ2) is 4.10. The van der Waals surface area contributed by atoms with Crippen molar-refractivity contribution in [3.63, 3.8) is 0 Å². The van der Waals surface area contributed by atoms with Gasteiger partial charge in [-0.1, -0.05) is 13.1 Å². The molecule has 0 aromatic carbocycles. The molecule has 1 atom stereocenters. The van der Waals surface area contributed by atoms with Gasteiger partial charge in [0.05, 0.1) is 6.61 Å². The van der Waals surface area contributed by atoms with Crippen molar-refractivity contribution in [3.8, 4) is 0 Å². The summed E-state index contributed by atoms with van der Waals surface area (Å²) in [5, 5.41) is 0. The first kappa shape index (κ1) is 10.5. The molecule has 0 saturated carbocycles. The van der Waals surface area contributed by atoms with Crippen LogP contribution >= 0.6 is 0 Å². The van der Waals surface area contributed by atoms with E-state index in [1.807, 2.05) is 0 Å². The summed E-state index contributed by atoms with van der Waals surface area (Å²) >= 11 is 0. The van der Waals surface area contributed by atoms with E-state index in [1.165, 1.54) is 0 Å². The number of carbonyl (C=O) groups is 1. The van der Waals surface area contributed by atoms with Crippen LogP contribution in [0.1, 0.15) is 19.3 Å². The van der Waals surface area contributed by atoms with Crippen LogP contribution in [0.4, 0.5) is 4.79 Å². The number of amides is 1. The Kier molecular flexibility index (Phi) is 3.32. The third kappa shape index (κ3) is 2.44. The highest BCUT2D eigenvalue weighted by Crippen LogP contribution is 2.28. The Labute approximate surface area is 80.0 Å². The largest absolute Gasteiger partial charge is 0.422 e. The van der Waals surface area contributed by atoms with E-state index in [0.717, 1.165) is 19.3 Å². The molecule has 5 heteroatoms. The van der Waals surface area contributed by atoms with Gasteiger partial charge in [-0.3, -0.25) is 0 Å². The Bertz CT molecular complexity index is 190. The molecule has 0 aromatic heterocycles. The standard InChI is InChI=1S/C8H17NO3Si/c1-13(2)8(12-7(9)10)5-3-4-6-11-8/h13H,3-6H2,1-2H3,(H2,9,10). The van der Waals surface area contributed by atoms with E-state index in [-0.39, 0.29) is 0 Å². The summed E-state index contributed by atoms with van der Waals surface area (Å²) in [5.74, 6) is 0. The lowest BCUT2D eigenvalue weighted by atomic mass is 10.2. The van der Waals surface area contributed by atoms with Gasteiger partial charge >= 0.3 is 6.09 Å². The number of rotatable bonds is 2. The Morgan fingerprint density at radius 1 is 1.54 bits per heavy atom. The number of hydrogen-bond acceptors (Lipinski definition) is 3. The third-order valence-electron chi connectivity index (χ3n) is 2.42. The molecule has 1 aliphatic rings. The normalized spacial score (nSPS) is 28.8. The lowest BCUT2D eigenvalue weighted by molar-refractivity contribution is -0.166. The van der Waals surface area contributed by atoms with Gasteiger partial charge < -0.3 is 15.2 Å². The van der Waals surface area contributed by atoms with E-state index in [4.69, 9.17) is 15.2 Å². The second-order valence-electron chi connectivity index (χ2n) is 3.69. The van der Waals surface area contributed by atoms with Crippen LogP contribution in [0.2, 0.25) is 13.1 Å². The van der Waals surface area contributed by atoms with Crippen molar-refractivity contribution in [2.75, 3.05) is 6.61 Å². The summed E-state index contributed by atoms with van der Waals surface area (Å²) < 4.78 is 10.7. The topological polar surface area (TPSA) is 61.5 Å². The maximum atomic E-state index is 10.7. The predicted octanol–water partition coefficient (Wildman–Crippen LogP) is 1.00. The van der Waals surface area contributed by atoms with Crippen LogP contribution in [-0.2, 0) is 9.47 Å². The van der Waals surface area contributed by atoms with Gasteiger partial charge in [0.15, 0.2) is 5.41 Å². The zero-order valence-corrected chi connectivity index (χ0v) is 9.36. The maximum absolute atomic E-state index is 10.7. The fourth-order valence-electron chi connectivity index (χ4n) is 1.61. The molecule has 13 heavy (non-hydrogen) atoms. The van der Waals surface area contributed by atoms with Crippen molar-refractivity contribution in [2.24, 2.45) is 5.73 Å². The van der Waals surface area contributed by atoms with Crippen molar-refractivity contribution in [3.05, 3.63) is 0 Å². The summed E-state index contributed by atoms with van der Waals surface area (Å²) in [7, 11) is -1.19. The zero-order valence-electron chi connectivity index (χ0n) is 8.21. The monoisotopic (exact) mass is 203 g/mol. The Balaban J connectivity index is 2.67. The van der Waals surface area contributed by atoms with E-state index >= 15 is 0 Å². The lowest BCUT2D eigenvalue weighted by Gasteiger charge is -2.38. The van der Waals surface area contributed by atoms with Crippen LogP contribution < -0.4 is 5.73 Å². The first-order valence-electron chi connectivity index (χ1n) is 4.69. The number of carbonyl (C=O) groups excluding carboxylic acids is 1. The van der Waals surface area contributed by atoms with Crippen LogP contribution in [0, 0.1) is 0 Å². The molecule has 1 fully saturated rings. The Morgan fingerprint density at radius 2 is 2.23 bits per heavy atom. The second-order valence-corrected chi connectivity index (χ2v) is 6.88. The minimum Gasteiger partial charge on any atom is -0.422 e. The van der Waals surface area contributed by atoms with Crippen LogP contribution in [0.5, 0.6) is 0 Å². The average Bonchev–Trinajstić information content (AvgIpc) is 2.04. The van der Waals surface area contributed by atoms with E-state index < -0.39 is 20.3 Å². The molecular formula is C8H17NO3Si. The van der Waals surface area contributed by atoms with Crippen LogP contribution in [-0.4, -0.2) is 26.9 Å². The van der Waals surface area contributed by atoms with Gasteiger partial charge in [-0.25, -0.2) is 4.79 Å². The van der Waals surface area contributed by atoms with Gasteiger partial charge in [0, 0.05) is 6.42 Å². The molecule has 1 aliphatic heterocycles. The van der Waals surface area contributed by atoms with Gasteiger partial charge in [-0.15, -0.1) is 0 Å². The molecular weight excluding hydrogens is 186 g/mol. The summed E-state index contributed by atoms with van der Waals surface area (Å²) in [6.45, 7) is 4.89. The fourth-order valence-corrected chi connectivity index (χ4v) is 3.20. The summed E-state index contributed by atoms with van der Waals surface area (Å²) in [6, 6.07) is 0. The Hall–Kier alpha value is -0.553. The molecule has 0 aliphatic carbocycles. The summed E-state index contributed by atoms with van der Waals surface area (Å²) in [4.78, 5) is 10.7. The lowest BCUT2D eigenvalue weighted by Crippen LogP contribution is -2.51. The van der Waals surface area contributed by atoms with Crippen LogP contribution in [0.15, 0.2) is 0 Å². The molecule has 1 heterocycles. The van der Waals surface area contributed by atoms with Gasteiger partial charge in [-0.2, -0.15) is 0 Å². The van der Waals surface area contributed by atoms with Gasteiger partial charge in [0.2, 0.25) is 0 Å². The van der Waals surface area contributed by atoms with Gasteiger partial charge in [0.25, 0.3) is 0 Å². The summed E-state index contributed by atoms with van der Waals surface area (Å²) in [5.41, 5.74) is 4.39. The van der Waals surface area contributed by atoms with Crippen molar-refractivity contribution >= 4 is 14.9 Å². The minimum absolute atomic E-state index is 0.635. The van der Waals surface area contributed by atoms with E-state index in [1.54, 1.807) is 0 Å². The van der Waals surface area contributed by atoms with Gasteiger partial charge in [0.1, 0.15) is 8.80 Å². The van der Waals surface area contributed by atoms with Gasteiger partial charge in [-0.05, 0) is 12.8 Å². The quantitative estimate of drug-likeness (QED) is 0.681. The molecule has 0 aromatic rings. The van der Waals surface area contributed by atoms with E-state index in [0.29, 0.717) is 6.61 Å². The van der Waals surface area contributed by atoms with Crippen LogP contribution in [0.25, 0.3) is 0 Å². The van der Waals surface area contributed by atoms with Crippen molar-refractivity contribution in [1.29, 1.82) is 0 Å². The van der Waals surface area contributed by atoms with Crippen molar-refractivity contribution in [2.45, 2.75) is 37.8 Å². The highest BCUT2D eigenvalue weighted by Gasteiger charge is 2.40. The number of nitrogens with two attached hydrogens (primary N) is 1. The SMILES string of the molecule is C[SiH](C)C1(OC(N)=O)CCCCO1. The van der Waals surface area contributed by atoms with Crippen LogP contribution in [0.3, 0.4) is 0 Å². The maximum Gasteiger partial charge on any atom is 0.406 e. The highest BCUT2D eigenvalue weighted by molar-refractivity contribution is 6.58. The molecule has 0 spiro atoms. The smallest absolute Gasteiger partial charge is 0.406 e. The number of primary amides is 1. The molecule has 1 amide bonds. The number of hydrogen-bond donors (Lipinski definition) is 1. The molecule has 0 bridgehead atoms. The zero-order chi connectivity index (χ0) is 9.90. The first-order chi connectivity index (χ1) is 6.07. The molecule has 0 radical (unpaired) electrons. The number of ether oxygens (including phenoxy) is 2. The van der Waals surface area contributed by atoms with E-state index in [2.05, 4.69) is 13.1 Å². The minimum atomic E-state index is -1.19. The fraction of sp³-hybridized carbons (Fsp3) is 0.875. The Morgan fingerprint density at radius 3 is 2.62 bits per heavy atom. The average molecular weight is 203 g/mol. The molecule has 4 nitrogen and oxygen atoms in total. The highest BCUT2D eigenvalue weighted by atomic mass is 28.3. The van der Waals surface area contributed by atoms with E-state index in [9.17, 15) is 4.79 Å². The first-order valence-corrected chi connectivity index (χ1v) is 7.58. The summed E-state index contributed by atoms with van der Waals surface area (Å²) in [6.07, 6.45) is 2.19. The molecule has 1 unspecified atom stereocenters. The molecule has 76 valence electrons. The molecule has 1 saturated heterocycles. The van der Waals surface area contributed by atoms with Crippen molar-refractivity contribution in [1.82, 2.24) is 0 Å². The third-order valence-corrected chi connectivity index (χ3v) is 4.75. The molecule has 1 rings (SSSR count). The predicted molar refractivity (Wildman–Crippen MR) is 52.1 cm³/mol. The van der Waals surface area contributed by atoms with Crippen molar-refractivity contribution < 1.29 is 14.3 Å². The molecule has 2 N–H and O–H groups in total.